The molecule has 2 heterocycles. The fraction of sp³-hybridized carbons (Fsp3) is 0.385. The largest absolute Gasteiger partial charge is 0.490 e. The van der Waals surface area contributed by atoms with Crippen molar-refractivity contribution in [1.82, 2.24) is 20.2 Å². The molecule has 0 saturated heterocycles. The normalized spacial score (nSPS) is 18.5. The molecule has 0 spiro atoms. The number of rotatable bonds is 6. The summed E-state index contributed by atoms with van der Waals surface area (Å²) in [6, 6.07) is 11.6. The Bertz CT molecular complexity index is 1330. The number of tetrazole rings is 1. The van der Waals surface area contributed by atoms with Crippen molar-refractivity contribution in [1.29, 1.82) is 0 Å². The maximum absolute atomic E-state index is 13.4. The Hall–Kier alpha value is -3.20. The second-order valence-electron chi connectivity index (χ2n) is 9.85. The van der Waals surface area contributed by atoms with Crippen molar-refractivity contribution < 1.29 is 14.3 Å². The van der Waals surface area contributed by atoms with Gasteiger partial charge in [0, 0.05) is 17.7 Å². The molecule has 182 valence electrons. The number of aromatic nitrogens is 4. The summed E-state index contributed by atoms with van der Waals surface area (Å²) in [5.74, 6) is 1.84. The van der Waals surface area contributed by atoms with Gasteiger partial charge in [-0.25, -0.2) is 0 Å². The number of carbonyl (C=O) groups excluding carboxylic acids is 1. The molecule has 1 aromatic heterocycles. The first kappa shape index (κ1) is 23.5. The first-order chi connectivity index (χ1) is 16.8. The average Bonchev–Trinajstić information content (AvgIpc) is 3.24. The lowest BCUT2D eigenvalue weighted by atomic mass is 9.73. The average molecular weight is 538 g/mol. The van der Waals surface area contributed by atoms with E-state index in [1.165, 1.54) is 5.56 Å². The Morgan fingerprint density at radius 3 is 2.80 bits per heavy atom. The number of hydrogen-bond donors (Lipinski definition) is 1. The molecule has 35 heavy (non-hydrogen) atoms. The van der Waals surface area contributed by atoms with Crippen LogP contribution in [-0.4, -0.2) is 32.6 Å². The molecule has 0 bridgehead atoms. The van der Waals surface area contributed by atoms with Crippen LogP contribution in [0, 0.1) is 12.3 Å². The van der Waals surface area contributed by atoms with Crippen molar-refractivity contribution in [3.63, 3.8) is 0 Å². The molecular formula is C26H28BrN5O3. The Morgan fingerprint density at radius 2 is 2.03 bits per heavy atom. The zero-order chi connectivity index (χ0) is 24.7. The number of carbonyl (C=O) groups is 1. The van der Waals surface area contributed by atoms with Crippen LogP contribution in [0.4, 0.5) is 5.95 Å². The topological polar surface area (TPSA) is 91.2 Å². The number of benzene rings is 2. The van der Waals surface area contributed by atoms with E-state index in [4.69, 9.17) is 9.47 Å². The van der Waals surface area contributed by atoms with Gasteiger partial charge in [-0.2, -0.15) is 4.68 Å². The van der Waals surface area contributed by atoms with Gasteiger partial charge in [0.1, 0.15) is 12.6 Å². The number of ether oxygens (including phenoxy) is 2. The van der Waals surface area contributed by atoms with Crippen molar-refractivity contribution in [3.8, 4) is 11.5 Å². The molecule has 0 radical (unpaired) electrons. The van der Waals surface area contributed by atoms with Gasteiger partial charge < -0.3 is 14.8 Å². The van der Waals surface area contributed by atoms with E-state index in [-0.39, 0.29) is 11.2 Å². The second kappa shape index (κ2) is 9.11. The highest BCUT2D eigenvalue weighted by molar-refractivity contribution is 9.10. The molecule has 8 nitrogen and oxygen atoms in total. The summed E-state index contributed by atoms with van der Waals surface area (Å²) in [5.41, 5.74) is 4.55. The zero-order valence-electron chi connectivity index (χ0n) is 20.3. The molecule has 0 amide bonds. The number of hydrogen-bond acceptors (Lipinski definition) is 7. The van der Waals surface area contributed by atoms with Crippen molar-refractivity contribution in [2.75, 3.05) is 11.9 Å². The molecule has 1 N–H and O–H groups in total. The van der Waals surface area contributed by atoms with Gasteiger partial charge in [-0.1, -0.05) is 48.8 Å². The van der Waals surface area contributed by atoms with Crippen LogP contribution in [0.1, 0.15) is 56.3 Å². The van der Waals surface area contributed by atoms with E-state index in [1.807, 2.05) is 31.2 Å². The summed E-state index contributed by atoms with van der Waals surface area (Å²) >= 11 is 3.69. The van der Waals surface area contributed by atoms with E-state index in [1.54, 1.807) is 4.68 Å². The van der Waals surface area contributed by atoms with Crippen LogP contribution in [0.2, 0.25) is 0 Å². The number of allylic oxidation sites excluding steroid dienone is 2. The van der Waals surface area contributed by atoms with E-state index >= 15 is 0 Å². The Labute approximate surface area is 212 Å². The molecule has 1 aliphatic heterocycles. The molecule has 2 aromatic carbocycles. The van der Waals surface area contributed by atoms with Gasteiger partial charge in [0.05, 0.1) is 11.1 Å². The quantitative estimate of drug-likeness (QED) is 0.451. The molecule has 1 unspecified atom stereocenters. The van der Waals surface area contributed by atoms with Crippen molar-refractivity contribution in [2.45, 2.75) is 53.2 Å². The minimum atomic E-state index is -0.457. The molecule has 3 aromatic rings. The van der Waals surface area contributed by atoms with E-state index < -0.39 is 6.04 Å². The molecule has 9 heteroatoms. The summed E-state index contributed by atoms with van der Waals surface area (Å²) in [4.78, 5) is 13.4. The third-order valence-corrected chi connectivity index (χ3v) is 6.90. The SMILES string of the molecule is CCOc1cc(C2C3=C(CC(C)(C)CC3=O)Nc3nnnn32)cc(Br)c1OCc1cccc(C)c1. The third-order valence-electron chi connectivity index (χ3n) is 6.31. The predicted octanol–water partition coefficient (Wildman–Crippen LogP) is 5.38. The third kappa shape index (κ3) is 4.57. The molecule has 1 aliphatic carbocycles. The van der Waals surface area contributed by atoms with Crippen LogP contribution >= 0.6 is 15.9 Å². The van der Waals surface area contributed by atoms with E-state index in [0.717, 1.165) is 27.7 Å². The Balaban J connectivity index is 1.56. The van der Waals surface area contributed by atoms with E-state index in [0.29, 0.717) is 42.7 Å². The lowest BCUT2D eigenvalue weighted by Gasteiger charge is -2.38. The standard InChI is InChI=1S/C26H28BrN5O3/c1-5-34-21-11-17(10-18(27)24(21)35-14-16-8-6-7-15(2)9-16)23-22-19(12-26(3,4)13-20(22)33)28-25-29-30-31-32(23)25/h6-11,23H,5,12-14H2,1-4H3,(H,28,29,31). The van der Waals surface area contributed by atoms with Crippen LogP contribution in [-0.2, 0) is 11.4 Å². The van der Waals surface area contributed by atoms with Crippen LogP contribution in [0.25, 0.3) is 0 Å². The number of anilines is 1. The molecule has 0 saturated carbocycles. The van der Waals surface area contributed by atoms with Crippen molar-refractivity contribution >= 4 is 27.7 Å². The van der Waals surface area contributed by atoms with Gasteiger partial charge in [-0.3, -0.25) is 4.79 Å². The van der Waals surface area contributed by atoms with Crippen molar-refractivity contribution in [2.24, 2.45) is 5.41 Å². The highest BCUT2D eigenvalue weighted by atomic mass is 79.9. The van der Waals surface area contributed by atoms with Crippen LogP contribution in [0.15, 0.2) is 52.1 Å². The number of nitrogens with one attached hydrogen (secondary N) is 1. The number of fused-ring (bicyclic) bond motifs is 1. The second-order valence-corrected chi connectivity index (χ2v) is 10.7. The molecule has 5 rings (SSSR count). The first-order valence-corrected chi connectivity index (χ1v) is 12.5. The number of nitrogens with zero attached hydrogens (tertiary/aromatic N) is 4. The summed E-state index contributed by atoms with van der Waals surface area (Å²) in [6.07, 6.45) is 1.22. The number of aryl methyl sites for hydroxylation is 1. The highest BCUT2D eigenvalue weighted by Gasteiger charge is 2.42. The number of halogens is 1. The van der Waals surface area contributed by atoms with Crippen LogP contribution in [0.3, 0.4) is 0 Å². The minimum Gasteiger partial charge on any atom is -0.490 e. The fourth-order valence-electron chi connectivity index (χ4n) is 4.88. The van der Waals surface area contributed by atoms with Gasteiger partial charge in [0.2, 0.25) is 5.95 Å². The lowest BCUT2D eigenvalue weighted by molar-refractivity contribution is -0.118. The van der Waals surface area contributed by atoms with Gasteiger partial charge in [0.25, 0.3) is 0 Å². The lowest BCUT2D eigenvalue weighted by Crippen LogP contribution is -2.36. The maximum atomic E-state index is 13.4. The molecule has 2 aliphatic rings. The first-order valence-electron chi connectivity index (χ1n) is 11.7. The van der Waals surface area contributed by atoms with Crippen molar-refractivity contribution in [3.05, 3.63) is 68.8 Å². The fourth-order valence-corrected chi connectivity index (χ4v) is 5.46. The highest BCUT2D eigenvalue weighted by Crippen LogP contribution is 2.47. The number of ketones is 1. The van der Waals surface area contributed by atoms with Gasteiger partial charge in [0.15, 0.2) is 17.3 Å². The molecule has 1 atom stereocenters. The van der Waals surface area contributed by atoms with E-state index in [2.05, 4.69) is 69.7 Å². The van der Waals surface area contributed by atoms with Crippen LogP contribution in [0.5, 0.6) is 11.5 Å². The van der Waals surface area contributed by atoms with Gasteiger partial charge in [-0.15, -0.1) is 0 Å². The summed E-state index contributed by atoms with van der Waals surface area (Å²) in [5, 5.41) is 15.5. The monoisotopic (exact) mass is 537 g/mol. The Morgan fingerprint density at radius 1 is 1.20 bits per heavy atom. The maximum Gasteiger partial charge on any atom is 0.248 e. The minimum absolute atomic E-state index is 0.101. The summed E-state index contributed by atoms with van der Waals surface area (Å²) in [7, 11) is 0. The number of Topliss-reactive ketones (excluding diaryl/α,β-unsaturated/α-hetero) is 1. The molecule has 0 fully saturated rings. The van der Waals surface area contributed by atoms with E-state index in [9.17, 15) is 4.79 Å². The summed E-state index contributed by atoms with van der Waals surface area (Å²) < 4.78 is 14.6. The molecular weight excluding hydrogens is 510 g/mol. The van der Waals surface area contributed by atoms with Gasteiger partial charge >= 0.3 is 0 Å². The Kier molecular flexibility index (Phi) is 6.13. The predicted molar refractivity (Wildman–Crippen MR) is 135 cm³/mol. The smallest absolute Gasteiger partial charge is 0.248 e. The zero-order valence-corrected chi connectivity index (χ0v) is 21.8. The summed E-state index contributed by atoms with van der Waals surface area (Å²) in [6.45, 7) is 9.08. The van der Waals surface area contributed by atoms with Gasteiger partial charge in [-0.05, 0) is 75.3 Å². The van der Waals surface area contributed by atoms with Crippen LogP contribution < -0.4 is 14.8 Å².